The van der Waals surface area contributed by atoms with Gasteiger partial charge in [-0.25, -0.2) is 4.79 Å². The highest BCUT2D eigenvalue weighted by Gasteiger charge is 1.87. The van der Waals surface area contributed by atoms with Gasteiger partial charge in [0.1, 0.15) is 6.61 Å². The fourth-order valence-electron chi connectivity index (χ4n) is 0.124. The van der Waals surface area contributed by atoms with E-state index in [0.29, 0.717) is 0 Å². The molecule has 0 bridgehead atoms. The molecular weight excluding hydrogens is 130 g/mol. The number of carbonyl (C=O) groups excluding carboxylic acids is 1. The third-order valence-electron chi connectivity index (χ3n) is 0.315. The molecule has 0 aliphatic heterocycles. The maximum Gasteiger partial charge on any atom is 0.404 e. The summed E-state index contributed by atoms with van der Waals surface area (Å²) in [6, 6.07) is 0. The summed E-state index contributed by atoms with van der Waals surface area (Å²) in [5.74, 6) is 0. The van der Waals surface area contributed by atoms with Crippen molar-refractivity contribution in [2.24, 2.45) is 0 Å². The Morgan fingerprint density at radius 2 is 2.38 bits per heavy atom. The molecule has 0 heterocycles. The van der Waals surface area contributed by atoms with Gasteiger partial charge in [0.05, 0.1) is 0 Å². The second kappa shape index (κ2) is 6.46. The van der Waals surface area contributed by atoms with Crippen LogP contribution in [0.5, 0.6) is 0 Å². The van der Waals surface area contributed by atoms with E-state index in [2.05, 4.69) is 11.3 Å². The molecule has 8 heavy (non-hydrogen) atoms. The highest BCUT2D eigenvalue weighted by Crippen LogP contribution is 1.84. The molecule has 0 rings (SSSR count). The summed E-state index contributed by atoms with van der Waals surface area (Å²) >= 11 is 4.75. The predicted octanol–water partition coefficient (Wildman–Crippen LogP) is 1.71. The van der Waals surface area contributed by atoms with Crippen LogP contribution >= 0.6 is 11.6 Å². The average molecular weight is 138 g/mol. The van der Waals surface area contributed by atoms with E-state index in [1.165, 1.54) is 6.08 Å². The Bertz CT molecular complexity index is 84.1. The molecule has 3 N–H and O–H groups in total. The highest BCUT2D eigenvalue weighted by atomic mass is 35.5. The Hall–Kier alpha value is -0.540. The van der Waals surface area contributed by atoms with Crippen LogP contribution in [-0.4, -0.2) is 12.0 Å². The van der Waals surface area contributed by atoms with Gasteiger partial charge in [0.25, 0.3) is 0 Å². The molecule has 0 aliphatic carbocycles. The number of halogens is 1. The van der Waals surface area contributed by atoms with Crippen molar-refractivity contribution in [3.8, 4) is 0 Å². The fourth-order valence-corrected chi connectivity index (χ4v) is 0.187. The zero-order valence-corrected chi connectivity index (χ0v) is 5.15. The summed E-state index contributed by atoms with van der Waals surface area (Å²) in [5, 5.41) is 0. The Balaban J connectivity index is 0. The van der Waals surface area contributed by atoms with Gasteiger partial charge >= 0.3 is 5.43 Å². The Labute approximate surface area is 52.9 Å². The summed E-state index contributed by atoms with van der Waals surface area (Å²) in [4.78, 5) is 9.70. The first-order valence-electron chi connectivity index (χ1n) is 1.70. The number of ether oxygens (including phenoxy) is 1. The van der Waals surface area contributed by atoms with Crippen LogP contribution in [0.4, 0.5) is 4.79 Å². The smallest absolute Gasteiger partial charge is 0.404 e. The zero-order valence-electron chi connectivity index (χ0n) is 4.39. The quantitative estimate of drug-likeness (QED) is 0.466. The molecule has 4 heteroatoms. The monoisotopic (exact) mass is 137 g/mol. The van der Waals surface area contributed by atoms with Gasteiger partial charge in [-0.05, 0) is 0 Å². The summed E-state index contributed by atoms with van der Waals surface area (Å²) in [6.45, 7) is 3.48. The van der Waals surface area contributed by atoms with Crippen molar-refractivity contribution in [3.05, 3.63) is 12.7 Å². The minimum atomic E-state index is -0.792. The lowest BCUT2D eigenvalue weighted by atomic mass is 10.7. The van der Waals surface area contributed by atoms with Crippen LogP contribution in [0, 0.1) is 0 Å². The van der Waals surface area contributed by atoms with Crippen molar-refractivity contribution in [3.63, 3.8) is 0 Å². The van der Waals surface area contributed by atoms with E-state index in [4.69, 9.17) is 11.6 Å². The summed E-state index contributed by atoms with van der Waals surface area (Å²) in [5.41, 5.74) is -0.792. The van der Waals surface area contributed by atoms with Crippen LogP contribution < -0.4 is 6.15 Å². The molecule has 0 radical (unpaired) electrons. The van der Waals surface area contributed by atoms with Crippen molar-refractivity contribution in [1.29, 1.82) is 0 Å². The Morgan fingerprint density at radius 1 is 1.88 bits per heavy atom. The van der Waals surface area contributed by atoms with Crippen LogP contribution in [0.1, 0.15) is 0 Å². The molecule has 0 saturated heterocycles. The first-order chi connectivity index (χ1) is 3.27. The molecule has 3 nitrogen and oxygen atoms in total. The van der Waals surface area contributed by atoms with Crippen molar-refractivity contribution < 1.29 is 9.53 Å². The van der Waals surface area contributed by atoms with Gasteiger partial charge in [-0.1, -0.05) is 12.7 Å². The largest absolute Gasteiger partial charge is 0.449 e. The maximum absolute atomic E-state index is 9.70. The molecule has 0 atom stereocenters. The first-order valence-corrected chi connectivity index (χ1v) is 2.08. The van der Waals surface area contributed by atoms with E-state index in [1.807, 2.05) is 0 Å². The van der Waals surface area contributed by atoms with Crippen LogP contribution in [0.25, 0.3) is 0 Å². The van der Waals surface area contributed by atoms with Crippen LogP contribution in [-0.2, 0) is 4.74 Å². The molecule has 0 amide bonds. The number of hydrogen-bond acceptors (Lipinski definition) is 3. The van der Waals surface area contributed by atoms with E-state index in [-0.39, 0.29) is 12.8 Å². The standard InChI is InChI=1S/C4H5ClO2.H3N/c1-2-3-7-4(5)6;/h2H,1,3H2;1H3. The lowest BCUT2D eigenvalue weighted by Crippen LogP contribution is -1.90. The molecule has 0 unspecified atom stereocenters. The zero-order chi connectivity index (χ0) is 5.70. The van der Waals surface area contributed by atoms with E-state index in [9.17, 15) is 4.79 Å². The fraction of sp³-hybridized carbons (Fsp3) is 0.250. The van der Waals surface area contributed by atoms with Gasteiger partial charge in [0.2, 0.25) is 0 Å². The van der Waals surface area contributed by atoms with Crippen LogP contribution in [0.3, 0.4) is 0 Å². The van der Waals surface area contributed by atoms with Crippen molar-refractivity contribution in [2.75, 3.05) is 6.61 Å². The molecule has 0 fully saturated rings. The summed E-state index contributed by atoms with van der Waals surface area (Å²) < 4.78 is 4.20. The van der Waals surface area contributed by atoms with Gasteiger partial charge in [0, 0.05) is 11.6 Å². The SMILES string of the molecule is C=CCOC(=O)Cl.N. The topological polar surface area (TPSA) is 61.3 Å². The van der Waals surface area contributed by atoms with Crippen molar-refractivity contribution >= 4 is 17.0 Å². The molecule has 0 spiro atoms. The molecule has 48 valence electrons. The number of hydrogen-bond donors (Lipinski definition) is 1. The molecule has 0 saturated carbocycles. The molecule has 0 aromatic rings. The molecule has 0 aromatic carbocycles. The molecule has 0 aromatic heterocycles. The third-order valence-corrected chi connectivity index (χ3v) is 0.424. The minimum Gasteiger partial charge on any atom is -0.449 e. The second-order valence-electron chi connectivity index (χ2n) is 0.837. The van der Waals surface area contributed by atoms with Gasteiger partial charge < -0.3 is 10.9 Å². The Kier molecular flexibility index (Phi) is 8.43. The van der Waals surface area contributed by atoms with E-state index in [0.717, 1.165) is 0 Å². The maximum atomic E-state index is 9.70. The first kappa shape index (κ1) is 10.4. The van der Waals surface area contributed by atoms with Gasteiger partial charge in [-0.2, -0.15) is 0 Å². The molecular formula is C4H8ClNO2. The lowest BCUT2D eigenvalue weighted by molar-refractivity contribution is 0.186. The van der Waals surface area contributed by atoms with Crippen molar-refractivity contribution in [2.45, 2.75) is 0 Å². The van der Waals surface area contributed by atoms with Gasteiger partial charge in [0.15, 0.2) is 0 Å². The average Bonchev–Trinajstić information content (AvgIpc) is 1.61. The number of rotatable bonds is 2. The van der Waals surface area contributed by atoms with E-state index in [1.54, 1.807) is 0 Å². The van der Waals surface area contributed by atoms with Crippen molar-refractivity contribution in [1.82, 2.24) is 6.15 Å². The Morgan fingerprint density at radius 3 is 2.50 bits per heavy atom. The van der Waals surface area contributed by atoms with Gasteiger partial charge in [-0.15, -0.1) is 0 Å². The van der Waals surface area contributed by atoms with E-state index >= 15 is 0 Å². The summed E-state index contributed by atoms with van der Waals surface area (Å²) in [6.07, 6.45) is 1.44. The third kappa shape index (κ3) is 9.07. The minimum absolute atomic E-state index is 0. The summed E-state index contributed by atoms with van der Waals surface area (Å²) in [7, 11) is 0. The predicted molar refractivity (Wildman–Crippen MR) is 32.4 cm³/mol. The van der Waals surface area contributed by atoms with Gasteiger partial charge in [-0.3, -0.25) is 0 Å². The lowest BCUT2D eigenvalue weighted by Gasteiger charge is -1.88. The number of carbonyl (C=O) groups is 1. The second-order valence-corrected chi connectivity index (χ2v) is 1.15. The molecule has 0 aliphatic rings. The van der Waals surface area contributed by atoms with Crippen LogP contribution in [0.15, 0.2) is 12.7 Å². The highest BCUT2D eigenvalue weighted by molar-refractivity contribution is 6.61. The normalized spacial score (nSPS) is 6.62. The van der Waals surface area contributed by atoms with Crippen LogP contribution in [0.2, 0.25) is 0 Å². The van der Waals surface area contributed by atoms with E-state index < -0.39 is 5.43 Å².